The molecule has 2 rings (SSSR count). The highest BCUT2D eigenvalue weighted by Gasteiger charge is 2.21. The van der Waals surface area contributed by atoms with Crippen molar-refractivity contribution in [3.63, 3.8) is 0 Å². The molecule has 0 aromatic heterocycles. The van der Waals surface area contributed by atoms with E-state index < -0.39 is 0 Å². The van der Waals surface area contributed by atoms with E-state index in [-0.39, 0.29) is 0 Å². The summed E-state index contributed by atoms with van der Waals surface area (Å²) in [5.74, 6) is 0.620. The molecular formula is C10H10Cl2N2. The molecule has 0 radical (unpaired) electrons. The highest BCUT2D eigenvalue weighted by Crippen LogP contribution is 2.34. The largest absolute Gasteiger partial charge is 0.329 e. The topological polar surface area (TPSA) is 27.1 Å². The Morgan fingerprint density at radius 3 is 2.71 bits per heavy atom. The SMILES string of the molecule is N=C1CCCN1c1cccc(Cl)c1Cl. The average Bonchev–Trinajstić information content (AvgIpc) is 2.57. The third kappa shape index (κ3) is 1.60. The Balaban J connectivity index is 2.41. The molecule has 0 aliphatic carbocycles. The molecule has 1 aromatic carbocycles. The van der Waals surface area contributed by atoms with Gasteiger partial charge >= 0.3 is 0 Å². The predicted octanol–water partition coefficient (Wildman–Crippen LogP) is 3.57. The van der Waals surface area contributed by atoms with Gasteiger partial charge in [0.2, 0.25) is 0 Å². The maximum atomic E-state index is 7.73. The zero-order chi connectivity index (χ0) is 10.1. The van der Waals surface area contributed by atoms with Crippen LogP contribution in [0.2, 0.25) is 10.0 Å². The first-order valence-electron chi connectivity index (χ1n) is 4.49. The van der Waals surface area contributed by atoms with Crippen molar-refractivity contribution >= 4 is 34.7 Å². The quantitative estimate of drug-likeness (QED) is 0.782. The summed E-state index contributed by atoms with van der Waals surface area (Å²) in [4.78, 5) is 1.91. The van der Waals surface area contributed by atoms with Gasteiger partial charge < -0.3 is 4.90 Å². The summed E-state index contributed by atoms with van der Waals surface area (Å²) in [6.07, 6.45) is 1.84. The number of nitrogens with zero attached hydrogens (tertiary/aromatic N) is 1. The molecule has 0 spiro atoms. The molecule has 1 aliphatic rings. The van der Waals surface area contributed by atoms with Crippen LogP contribution in [0.5, 0.6) is 0 Å². The molecule has 0 atom stereocenters. The molecule has 1 aliphatic heterocycles. The second-order valence-corrected chi connectivity index (χ2v) is 4.06. The van der Waals surface area contributed by atoms with Crippen LogP contribution >= 0.6 is 23.2 Å². The summed E-state index contributed by atoms with van der Waals surface area (Å²) >= 11 is 12.0. The zero-order valence-electron chi connectivity index (χ0n) is 7.56. The molecule has 2 nitrogen and oxygen atoms in total. The third-order valence-electron chi connectivity index (χ3n) is 2.34. The van der Waals surface area contributed by atoms with E-state index in [1.165, 1.54) is 0 Å². The van der Waals surface area contributed by atoms with Gasteiger partial charge in [-0.15, -0.1) is 0 Å². The lowest BCUT2D eigenvalue weighted by molar-refractivity contribution is 0.956. The van der Waals surface area contributed by atoms with Gasteiger partial charge in [0.15, 0.2) is 0 Å². The van der Waals surface area contributed by atoms with Crippen LogP contribution in [0.1, 0.15) is 12.8 Å². The first kappa shape index (κ1) is 9.81. The smallest absolute Gasteiger partial charge is 0.100 e. The number of benzene rings is 1. The van der Waals surface area contributed by atoms with Gasteiger partial charge in [-0.2, -0.15) is 0 Å². The minimum atomic E-state index is 0.542. The summed E-state index contributed by atoms with van der Waals surface area (Å²) in [6, 6.07) is 5.51. The Morgan fingerprint density at radius 1 is 1.29 bits per heavy atom. The van der Waals surface area contributed by atoms with Crippen LogP contribution in [-0.4, -0.2) is 12.4 Å². The van der Waals surface area contributed by atoms with Gasteiger partial charge in [-0.25, -0.2) is 0 Å². The van der Waals surface area contributed by atoms with Crippen molar-refractivity contribution in [3.05, 3.63) is 28.2 Å². The summed E-state index contributed by atoms with van der Waals surface area (Å²) in [5, 5.41) is 8.82. The summed E-state index contributed by atoms with van der Waals surface area (Å²) in [5.41, 5.74) is 0.849. The fourth-order valence-corrected chi connectivity index (χ4v) is 2.04. The molecule has 1 fully saturated rings. The normalized spacial score (nSPS) is 16.4. The Morgan fingerprint density at radius 2 is 2.07 bits per heavy atom. The highest BCUT2D eigenvalue weighted by atomic mass is 35.5. The van der Waals surface area contributed by atoms with Crippen LogP contribution < -0.4 is 4.90 Å². The third-order valence-corrected chi connectivity index (χ3v) is 3.15. The van der Waals surface area contributed by atoms with Gasteiger partial charge in [-0.05, 0) is 18.6 Å². The second-order valence-electron chi connectivity index (χ2n) is 3.27. The number of rotatable bonds is 1. The van der Waals surface area contributed by atoms with Crippen molar-refractivity contribution in [3.8, 4) is 0 Å². The lowest BCUT2D eigenvalue weighted by atomic mass is 10.3. The van der Waals surface area contributed by atoms with E-state index in [0.29, 0.717) is 15.9 Å². The Hall–Kier alpha value is -0.730. The van der Waals surface area contributed by atoms with E-state index in [1.807, 2.05) is 17.0 Å². The first-order valence-corrected chi connectivity index (χ1v) is 5.24. The van der Waals surface area contributed by atoms with Crippen molar-refractivity contribution in [1.82, 2.24) is 0 Å². The Labute approximate surface area is 92.9 Å². The van der Waals surface area contributed by atoms with E-state index >= 15 is 0 Å². The monoisotopic (exact) mass is 228 g/mol. The molecule has 14 heavy (non-hydrogen) atoms. The molecule has 0 saturated carbocycles. The maximum absolute atomic E-state index is 7.73. The van der Waals surface area contributed by atoms with Gasteiger partial charge in [0.25, 0.3) is 0 Å². The van der Waals surface area contributed by atoms with E-state index in [9.17, 15) is 0 Å². The number of anilines is 1. The van der Waals surface area contributed by atoms with Gasteiger partial charge in [0, 0.05) is 13.0 Å². The van der Waals surface area contributed by atoms with Crippen LogP contribution in [0.15, 0.2) is 18.2 Å². The summed E-state index contributed by atoms with van der Waals surface area (Å²) in [7, 11) is 0. The van der Waals surface area contributed by atoms with Crippen LogP contribution in [0.4, 0.5) is 5.69 Å². The molecule has 4 heteroatoms. The number of halogens is 2. The van der Waals surface area contributed by atoms with Crippen molar-refractivity contribution in [2.75, 3.05) is 11.4 Å². The van der Waals surface area contributed by atoms with Gasteiger partial charge in [-0.3, -0.25) is 5.41 Å². The molecule has 1 saturated heterocycles. The fourth-order valence-electron chi connectivity index (χ4n) is 1.64. The van der Waals surface area contributed by atoms with E-state index in [4.69, 9.17) is 28.6 Å². The minimum Gasteiger partial charge on any atom is -0.329 e. The van der Waals surface area contributed by atoms with Gasteiger partial charge in [0.1, 0.15) is 5.84 Å². The van der Waals surface area contributed by atoms with Crippen LogP contribution in [0.3, 0.4) is 0 Å². The Kier molecular flexibility index (Phi) is 2.66. The van der Waals surface area contributed by atoms with Crippen molar-refractivity contribution < 1.29 is 0 Å². The first-order chi connectivity index (χ1) is 6.70. The molecule has 0 amide bonds. The fraction of sp³-hybridized carbons (Fsp3) is 0.300. The number of hydrogen-bond donors (Lipinski definition) is 1. The summed E-state index contributed by atoms with van der Waals surface area (Å²) in [6.45, 7) is 0.860. The zero-order valence-corrected chi connectivity index (χ0v) is 9.07. The molecular weight excluding hydrogens is 219 g/mol. The van der Waals surface area contributed by atoms with Crippen molar-refractivity contribution in [2.24, 2.45) is 0 Å². The van der Waals surface area contributed by atoms with Crippen LogP contribution in [0, 0.1) is 5.41 Å². The summed E-state index contributed by atoms with van der Waals surface area (Å²) < 4.78 is 0. The van der Waals surface area contributed by atoms with Gasteiger partial charge in [0.05, 0.1) is 15.7 Å². The highest BCUT2D eigenvalue weighted by molar-refractivity contribution is 6.44. The Bertz CT molecular complexity index is 376. The predicted molar refractivity (Wildman–Crippen MR) is 60.8 cm³/mol. The van der Waals surface area contributed by atoms with Crippen LogP contribution in [0.25, 0.3) is 0 Å². The van der Waals surface area contributed by atoms with Crippen LogP contribution in [-0.2, 0) is 0 Å². The molecule has 0 bridgehead atoms. The van der Waals surface area contributed by atoms with Crippen molar-refractivity contribution in [1.29, 1.82) is 5.41 Å². The van der Waals surface area contributed by atoms with E-state index in [0.717, 1.165) is 25.1 Å². The van der Waals surface area contributed by atoms with Crippen molar-refractivity contribution in [2.45, 2.75) is 12.8 Å². The minimum absolute atomic E-state index is 0.542. The van der Waals surface area contributed by atoms with E-state index in [2.05, 4.69) is 0 Å². The lowest BCUT2D eigenvalue weighted by Crippen LogP contribution is -2.23. The maximum Gasteiger partial charge on any atom is 0.100 e. The second kappa shape index (κ2) is 3.79. The number of nitrogens with one attached hydrogen (secondary N) is 1. The molecule has 1 heterocycles. The molecule has 1 aromatic rings. The average molecular weight is 229 g/mol. The molecule has 74 valence electrons. The standard InChI is InChI=1S/C10H10Cl2N2/c11-7-3-1-4-8(10(7)12)14-6-2-5-9(14)13/h1,3-4,13H,2,5-6H2. The van der Waals surface area contributed by atoms with E-state index in [1.54, 1.807) is 6.07 Å². The lowest BCUT2D eigenvalue weighted by Gasteiger charge is -2.19. The molecule has 1 N–H and O–H groups in total. The number of amidine groups is 1. The number of hydrogen-bond acceptors (Lipinski definition) is 1. The molecule has 0 unspecified atom stereocenters. The van der Waals surface area contributed by atoms with Gasteiger partial charge in [-0.1, -0.05) is 29.3 Å².